The van der Waals surface area contributed by atoms with E-state index < -0.39 is 15.5 Å². The van der Waals surface area contributed by atoms with Crippen molar-refractivity contribution < 1.29 is 9.85 Å². The SMILES string of the molecule is CCCN1c2ccc(/C=N\Nc3ccc([N+](=O)[O-])cc3[N+](=O)[O-])cc2C(C)=CC1(C)C. The highest BCUT2D eigenvalue weighted by Crippen LogP contribution is 2.39. The van der Waals surface area contributed by atoms with Gasteiger partial charge in [-0.3, -0.25) is 25.7 Å². The Kier molecular flexibility index (Phi) is 6.05. The van der Waals surface area contributed by atoms with Crippen molar-refractivity contribution >= 4 is 34.5 Å². The molecule has 1 aliphatic rings. The number of hydrogen-bond acceptors (Lipinski definition) is 7. The minimum atomic E-state index is -0.679. The van der Waals surface area contributed by atoms with Crippen LogP contribution in [-0.4, -0.2) is 28.1 Å². The summed E-state index contributed by atoms with van der Waals surface area (Å²) in [7, 11) is 0. The van der Waals surface area contributed by atoms with Crippen molar-refractivity contribution in [1.82, 2.24) is 0 Å². The Labute approximate surface area is 180 Å². The lowest BCUT2D eigenvalue weighted by Gasteiger charge is -2.43. The molecule has 3 rings (SSSR count). The van der Waals surface area contributed by atoms with Crippen LogP contribution in [0.3, 0.4) is 0 Å². The molecule has 2 aromatic carbocycles. The summed E-state index contributed by atoms with van der Waals surface area (Å²) in [6.07, 6.45) is 4.86. The molecular weight excluding hydrogens is 398 g/mol. The van der Waals surface area contributed by atoms with Crippen molar-refractivity contribution in [2.75, 3.05) is 16.9 Å². The minimum absolute atomic E-state index is 0.0703. The molecule has 0 aliphatic carbocycles. The van der Waals surface area contributed by atoms with Crippen LogP contribution >= 0.6 is 0 Å². The molecule has 0 atom stereocenters. The zero-order valence-corrected chi connectivity index (χ0v) is 18.0. The quantitative estimate of drug-likeness (QED) is 0.364. The van der Waals surface area contributed by atoms with E-state index in [0.717, 1.165) is 30.2 Å². The lowest BCUT2D eigenvalue weighted by atomic mass is 9.88. The van der Waals surface area contributed by atoms with E-state index in [2.05, 4.69) is 55.3 Å². The molecule has 0 radical (unpaired) electrons. The summed E-state index contributed by atoms with van der Waals surface area (Å²) in [6, 6.07) is 9.44. The molecule has 1 aliphatic heterocycles. The molecule has 31 heavy (non-hydrogen) atoms. The van der Waals surface area contributed by atoms with Gasteiger partial charge >= 0.3 is 5.69 Å². The molecule has 0 bridgehead atoms. The molecule has 0 saturated heterocycles. The standard InChI is InChI=1S/C22H25N5O4/c1-5-10-25-20-9-6-16(11-18(20)15(2)13-22(25,3)4)14-23-24-19-8-7-17(26(28)29)12-21(19)27(30)31/h6-9,11-14,24H,5,10H2,1-4H3/b23-14-. The molecule has 1 N–H and O–H groups in total. The first-order valence-corrected chi connectivity index (χ1v) is 9.97. The van der Waals surface area contributed by atoms with Gasteiger partial charge in [0.05, 0.1) is 27.7 Å². The number of nitrogens with one attached hydrogen (secondary N) is 1. The van der Waals surface area contributed by atoms with Gasteiger partial charge in [0, 0.05) is 23.9 Å². The van der Waals surface area contributed by atoms with E-state index in [0.29, 0.717) is 0 Å². The number of nitro groups is 2. The highest BCUT2D eigenvalue weighted by atomic mass is 16.6. The maximum Gasteiger partial charge on any atom is 0.301 e. The van der Waals surface area contributed by atoms with Gasteiger partial charge in [0.15, 0.2) is 0 Å². The second kappa shape index (κ2) is 8.55. The van der Waals surface area contributed by atoms with Gasteiger partial charge in [-0.15, -0.1) is 0 Å². The summed E-state index contributed by atoms with van der Waals surface area (Å²) < 4.78 is 0. The number of non-ortho nitro benzene ring substituents is 1. The summed E-state index contributed by atoms with van der Waals surface area (Å²) in [5, 5.41) is 26.2. The third-order valence-electron chi connectivity index (χ3n) is 5.24. The second-order valence-electron chi connectivity index (χ2n) is 7.99. The van der Waals surface area contributed by atoms with Gasteiger partial charge in [-0.2, -0.15) is 5.10 Å². The molecule has 9 heteroatoms. The molecule has 9 nitrogen and oxygen atoms in total. The third kappa shape index (κ3) is 4.55. The molecule has 0 saturated carbocycles. The number of allylic oxidation sites excluding steroid dienone is 1. The zero-order valence-electron chi connectivity index (χ0n) is 18.0. The summed E-state index contributed by atoms with van der Waals surface area (Å²) in [5.41, 5.74) is 6.18. The van der Waals surface area contributed by atoms with E-state index >= 15 is 0 Å². The Morgan fingerprint density at radius 2 is 1.87 bits per heavy atom. The first kappa shape index (κ1) is 21.9. The monoisotopic (exact) mass is 423 g/mol. The molecule has 0 spiro atoms. The molecule has 0 amide bonds. The summed E-state index contributed by atoms with van der Waals surface area (Å²) in [5.74, 6) is 0. The lowest BCUT2D eigenvalue weighted by Crippen LogP contribution is -2.45. The number of hydrogen-bond donors (Lipinski definition) is 1. The van der Waals surface area contributed by atoms with Crippen LogP contribution in [-0.2, 0) is 0 Å². The van der Waals surface area contributed by atoms with Crippen LogP contribution in [0.4, 0.5) is 22.7 Å². The Bertz CT molecular complexity index is 1090. The fraction of sp³-hybridized carbons (Fsp3) is 0.318. The van der Waals surface area contributed by atoms with Gasteiger partial charge in [0.2, 0.25) is 0 Å². The number of benzene rings is 2. The van der Waals surface area contributed by atoms with Crippen LogP contribution in [0.15, 0.2) is 47.6 Å². The number of anilines is 2. The van der Waals surface area contributed by atoms with Crippen LogP contribution in [0.25, 0.3) is 5.57 Å². The van der Waals surface area contributed by atoms with Crippen LogP contribution in [0.1, 0.15) is 45.2 Å². The zero-order chi connectivity index (χ0) is 22.8. The fourth-order valence-electron chi connectivity index (χ4n) is 3.87. The largest absolute Gasteiger partial charge is 0.362 e. The smallest absolute Gasteiger partial charge is 0.301 e. The van der Waals surface area contributed by atoms with Crippen LogP contribution in [0.5, 0.6) is 0 Å². The first-order valence-electron chi connectivity index (χ1n) is 9.97. The summed E-state index contributed by atoms with van der Waals surface area (Å²) in [6.45, 7) is 9.59. The average molecular weight is 423 g/mol. The Morgan fingerprint density at radius 3 is 2.52 bits per heavy atom. The van der Waals surface area contributed by atoms with Crippen molar-refractivity contribution in [3.63, 3.8) is 0 Å². The number of nitro benzene ring substituents is 2. The molecular formula is C22H25N5O4. The van der Waals surface area contributed by atoms with Crippen LogP contribution < -0.4 is 10.3 Å². The van der Waals surface area contributed by atoms with E-state index in [1.165, 1.54) is 23.4 Å². The highest BCUT2D eigenvalue weighted by molar-refractivity contribution is 5.88. The van der Waals surface area contributed by atoms with E-state index in [9.17, 15) is 20.2 Å². The molecule has 1 heterocycles. The van der Waals surface area contributed by atoms with E-state index in [4.69, 9.17) is 0 Å². The maximum atomic E-state index is 11.2. The molecule has 0 fully saturated rings. The fourth-order valence-corrected chi connectivity index (χ4v) is 3.87. The Balaban J connectivity index is 1.86. The lowest BCUT2D eigenvalue weighted by molar-refractivity contribution is -0.393. The van der Waals surface area contributed by atoms with E-state index in [1.54, 1.807) is 6.21 Å². The first-order chi connectivity index (χ1) is 14.6. The average Bonchev–Trinajstić information content (AvgIpc) is 2.70. The van der Waals surface area contributed by atoms with Crippen molar-refractivity contribution in [3.05, 3.63) is 73.8 Å². The minimum Gasteiger partial charge on any atom is -0.362 e. The molecule has 0 unspecified atom stereocenters. The van der Waals surface area contributed by atoms with E-state index in [1.807, 2.05) is 12.1 Å². The van der Waals surface area contributed by atoms with Gasteiger partial charge in [0.25, 0.3) is 5.69 Å². The van der Waals surface area contributed by atoms with Crippen LogP contribution in [0, 0.1) is 20.2 Å². The van der Waals surface area contributed by atoms with Gasteiger partial charge in [-0.1, -0.05) is 19.1 Å². The topological polar surface area (TPSA) is 114 Å². The normalized spacial score (nSPS) is 14.8. The Hall–Kier alpha value is -3.75. The van der Waals surface area contributed by atoms with Gasteiger partial charge < -0.3 is 4.90 Å². The summed E-state index contributed by atoms with van der Waals surface area (Å²) in [4.78, 5) is 23.1. The van der Waals surface area contributed by atoms with Crippen molar-refractivity contribution in [1.29, 1.82) is 0 Å². The maximum absolute atomic E-state index is 11.2. The number of hydrazone groups is 1. The van der Waals surface area contributed by atoms with Gasteiger partial charge in [0.1, 0.15) is 5.69 Å². The highest BCUT2D eigenvalue weighted by Gasteiger charge is 2.30. The van der Waals surface area contributed by atoms with Crippen molar-refractivity contribution in [3.8, 4) is 0 Å². The summed E-state index contributed by atoms with van der Waals surface area (Å²) >= 11 is 0. The second-order valence-corrected chi connectivity index (χ2v) is 7.99. The molecule has 2 aromatic rings. The van der Waals surface area contributed by atoms with E-state index in [-0.39, 0.29) is 16.9 Å². The Morgan fingerprint density at radius 1 is 1.13 bits per heavy atom. The number of nitrogens with zero attached hydrogens (tertiary/aromatic N) is 4. The number of rotatable bonds is 7. The predicted molar refractivity (Wildman–Crippen MR) is 123 cm³/mol. The predicted octanol–water partition coefficient (Wildman–Crippen LogP) is 5.36. The molecule has 162 valence electrons. The van der Waals surface area contributed by atoms with Gasteiger partial charge in [-0.25, -0.2) is 0 Å². The van der Waals surface area contributed by atoms with Crippen LogP contribution in [0.2, 0.25) is 0 Å². The van der Waals surface area contributed by atoms with Gasteiger partial charge in [-0.05, 0) is 56.5 Å². The third-order valence-corrected chi connectivity index (χ3v) is 5.24. The number of fused-ring (bicyclic) bond motifs is 1. The molecule has 0 aromatic heterocycles. The van der Waals surface area contributed by atoms with Crippen molar-refractivity contribution in [2.24, 2.45) is 5.10 Å². The van der Waals surface area contributed by atoms with Crippen molar-refractivity contribution in [2.45, 2.75) is 39.7 Å².